The second-order valence-corrected chi connectivity index (χ2v) is 21.8. The van der Waals surface area contributed by atoms with Gasteiger partial charge in [-0.05, 0) is 12.5 Å². The molecule has 0 aromatic carbocycles. The van der Waals surface area contributed by atoms with E-state index in [2.05, 4.69) is 74.6 Å². The monoisotopic (exact) mass is 367 g/mol. The van der Waals surface area contributed by atoms with Gasteiger partial charge in [-0.15, -0.1) is 18.9 Å². The van der Waals surface area contributed by atoms with E-state index in [9.17, 15) is 0 Å². The average molecular weight is 368 g/mol. The summed E-state index contributed by atoms with van der Waals surface area (Å²) < 4.78 is 4.09. The normalized spacial score (nSPS) is 15.6. The fourth-order valence-corrected chi connectivity index (χ4v) is 15.9. The fourth-order valence-electron chi connectivity index (χ4n) is 2.88. The minimum absolute atomic E-state index is 1.15. The summed E-state index contributed by atoms with van der Waals surface area (Å²) in [5.41, 5.74) is 7.47. The number of hydrogen-bond acceptors (Lipinski definition) is 1. The van der Waals surface area contributed by atoms with Crippen molar-refractivity contribution >= 4 is 24.5 Å². The summed E-state index contributed by atoms with van der Waals surface area (Å²) in [4.78, 5) is 0. The van der Waals surface area contributed by atoms with Gasteiger partial charge < -0.3 is 4.65 Å². The number of rotatable bonds is 13. The highest BCUT2D eigenvalue weighted by Gasteiger charge is 2.31. The Kier molecular flexibility index (Phi) is 10.6. The van der Waals surface area contributed by atoms with Gasteiger partial charge in [-0.1, -0.05) is 88.9 Å². The molecule has 0 aliphatic carbocycles. The summed E-state index contributed by atoms with van der Waals surface area (Å²) in [5.74, 6) is 0. The Morgan fingerprint density at radius 1 is 0.870 bits per heavy atom. The first-order valence-corrected chi connectivity index (χ1v) is 18.5. The van der Waals surface area contributed by atoms with Crippen molar-refractivity contribution in [3.8, 4) is 0 Å². The summed E-state index contributed by atoms with van der Waals surface area (Å²) in [6.07, 6.45) is 8.47. The van der Waals surface area contributed by atoms with Crippen molar-refractivity contribution in [2.75, 3.05) is 0 Å². The molecular formula is C19H41NSi3. The van der Waals surface area contributed by atoms with E-state index in [1.165, 1.54) is 37.8 Å². The molecule has 134 valence electrons. The van der Waals surface area contributed by atoms with Gasteiger partial charge in [-0.3, -0.25) is 0 Å². The van der Waals surface area contributed by atoms with Crippen LogP contribution >= 0.6 is 0 Å². The average Bonchev–Trinajstić information content (AvgIpc) is 2.48. The molecule has 0 radical (unpaired) electrons. The van der Waals surface area contributed by atoms with E-state index in [0.717, 1.165) is 6.42 Å². The zero-order chi connectivity index (χ0) is 18.0. The van der Waals surface area contributed by atoms with Crippen LogP contribution in [0.2, 0.25) is 44.8 Å². The molecular weight excluding hydrogens is 326 g/mol. The molecule has 0 saturated heterocycles. The zero-order valence-electron chi connectivity index (χ0n) is 16.7. The molecule has 0 heterocycles. The van der Waals surface area contributed by atoms with Gasteiger partial charge in [0, 0.05) is 0 Å². The van der Waals surface area contributed by atoms with Crippen LogP contribution in [0.4, 0.5) is 0 Å². The SMILES string of the molecule is C=CCCCC[Si](C)(/C=C\[Si](C)(C)CCCC)N[Si](C)(C)C=C. The lowest BCUT2D eigenvalue weighted by molar-refractivity contribution is 0.801. The van der Waals surface area contributed by atoms with Crippen LogP contribution in [-0.2, 0) is 0 Å². The van der Waals surface area contributed by atoms with E-state index in [1.807, 2.05) is 6.08 Å². The van der Waals surface area contributed by atoms with Gasteiger partial charge in [0.05, 0.1) is 8.07 Å². The topological polar surface area (TPSA) is 12.0 Å². The minimum atomic E-state index is -1.54. The third kappa shape index (κ3) is 11.1. The third-order valence-corrected chi connectivity index (χ3v) is 15.8. The van der Waals surface area contributed by atoms with E-state index in [4.69, 9.17) is 0 Å². The molecule has 1 atom stereocenters. The molecule has 23 heavy (non-hydrogen) atoms. The summed E-state index contributed by atoms with van der Waals surface area (Å²) >= 11 is 0. The fraction of sp³-hybridized carbons (Fsp3) is 0.684. The van der Waals surface area contributed by atoms with E-state index >= 15 is 0 Å². The minimum Gasteiger partial charge on any atom is -0.353 e. The lowest BCUT2D eigenvalue weighted by Gasteiger charge is -2.34. The summed E-state index contributed by atoms with van der Waals surface area (Å²) in [6.45, 7) is 22.5. The Labute approximate surface area is 149 Å². The van der Waals surface area contributed by atoms with E-state index < -0.39 is 24.5 Å². The van der Waals surface area contributed by atoms with Gasteiger partial charge in [0.25, 0.3) is 0 Å². The molecule has 0 aliphatic heterocycles. The van der Waals surface area contributed by atoms with Crippen molar-refractivity contribution in [3.05, 3.63) is 36.3 Å². The maximum Gasteiger partial charge on any atom is 0.140 e. The lowest BCUT2D eigenvalue weighted by Crippen LogP contribution is -2.59. The van der Waals surface area contributed by atoms with Gasteiger partial charge in [0.2, 0.25) is 0 Å². The molecule has 0 aromatic heterocycles. The van der Waals surface area contributed by atoms with Crippen molar-refractivity contribution < 1.29 is 0 Å². The Morgan fingerprint density at radius 2 is 1.52 bits per heavy atom. The van der Waals surface area contributed by atoms with Crippen LogP contribution in [0.3, 0.4) is 0 Å². The Hall–Kier alpha value is -0.169. The number of allylic oxidation sites excluding steroid dienone is 1. The van der Waals surface area contributed by atoms with Gasteiger partial charge in [-0.25, -0.2) is 0 Å². The molecule has 0 saturated carbocycles. The second kappa shape index (κ2) is 10.6. The van der Waals surface area contributed by atoms with Crippen LogP contribution in [0.5, 0.6) is 0 Å². The molecule has 1 nitrogen and oxygen atoms in total. The van der Waals surface area contributed by atoms with Crippen molar-refractivity contribution in [3.63, 3.8) is 0 Å². The highest BCUT2D eigenvalue weighted by molar-refractivity contribution is 6.97. The molecule has 0 spiro atoms. The first-order valence-electron chi connectivity index (χ1n) is 9.34. The van der Waals surface area contributed by atoms with Crippen LogP contribution in [0.25, 0.3) is 0 Å². The van der Waals surface area contributed by atoms with Crippen molar-refractivity contribution in [1.82, 2.24) is 4.65 Å². The third-order valence-electron chi connectivity index (χ3n) is 4.55. The number of unbranched alkanes of at least 4 members (excludes halogenated alkanes) is 3. The molecule has 1 unspecified atom stereocenters. The van der Waals surface area contributed by atoms with Crippen LogP contribution in [0, 0.1) is 0 Å². The molecule has 0 fully saturated rings. The van der Waals surface area contributed by atoms with Crippen LogP contribution < -0.4 is 4.65 Å². The summed E-state index contributed by atoms with van der Waals surface area (Å²) in [6, 6.07) is 2.75. The standard InChI is InChI=1S/C19H41NSi3/c1-9-12-14-15-17-23(8,20-22(6,7)11-3)19-18-21(4,5)16-13-10-2/h9,11,18-20H,1,3,10,12-17H2,2,4-8H3/b19-18-. The molecule has 0 aliphatic rings. The van der Waals surface area contributed by atoms with Gasteiger partial charge in [0.1, 0.15) is 16.5 Å². The first kappa shape index (κ1) is 22.8. The van der Waals surface area contributed by atoms with Gasteiger partial charge in [0.15, 0.2) is 0 Å². The molecule has 0 bridgehead atoms. The van der Waals surface area contributed by atoms with Crippen LogP contribution in [0.15, 0.2) is 36.3 Å². The van der Waals surface area contributed by atoms with Crippen LogP contribution in [-0.4, -0.2) is 24.5 Å². The Balaban J connectivity index is 5.01. The maximum absolute atomic E-state index is 4.09. The summed E-state index contributed by atoms with van der Waals surface area (Å²) in [7, 11) is -4.21. The van der Waals surface area contributed by atoms with Crippen molar-refractivity contribution in [2.24, 2.45) is 0 Å². The molecule has 4 heteroatoms. The Bertz CT molecular complexity index is 388. The zero-order valence-corrected chi connectivity index (χ0v) is 19.7. The first-order chi connectivity index (χ1) is 10.6. The number of hydrogen-bond donors (Lipinski definition) is 1. The maximum atomic E-state index is 4.09. The van der Waals surface area contributed by atoms with Crippen LogP contribution in [0.1, 0.15) is 39.0 Å². The predicted molar refractivity (Wildman–Crippen MR) is 118 cm³/mol. The van der Waals surface area contributed by atoms with E-state index in [1.54, 1.807) is 0 Å². The second-order valence-electron chi connectivity index (χ2n) is 8.43. The van der Waals surface area contributed by atoms with Gasteiger partial charge in [-0.2, -0.15) is 0 Å². The molecule has 0 aromatic rings. The predicted octanol–water partition coefficient (Wildman–Crippen LogP) is 6.58. The smallest absolute Gasteiger partial charge is 0.140 e. The van der Waals surface area contributed by atoms with Gasteiger partial charge >= 0.3 is 0 Å². The lowest BCUT2D eigenvalue weighted by atomic mass is 10.2. The van der Waals surface area contributed by atoms with E-state index in [0.29, 0.717) is 0 Å². The summed E-state index contributed by atoms with van der Waals surface area (Å²) in [5, 5.41) is 0. The quantitative estimate of drug-likeness (QED) is 0.220. The van der Waals surface area contributed by atoms with Crippen molar-refractivity contribution in [2.45, 2.75) is 83.9 Å². The van der Waals surface area contributed by atoms with E-state index in [-0.39, 0.29) is 0 Å². The molecule has 0 rings (SSSR count). The van der Waals surface area contributed by atoms with Crippen molar-refractivity contribution in [1.29, 1.82) is 0 Å². The number of nitrogens with one attached hydrogen (secondary N) is 1. The molecule has 1 N–H and O–H groups in total. The highest BCUT2D eigenvalue weighted by Crippen LogP contribution is 2.21. The largest absolute Gasteiger partial charge is 0.353 e. The Morgan fingerprint density at radius 3 is 2.04 bits per heavy atom. The molecule has 0 amide bonds. The highest BCUT2D eigenvalue weighted by atomic mass is 28.4.